The zero-order chi connectivity index (χ0) is 11.1. The van der Waals surface area contributed by atoms with Gasteiger partial charge in [0.25, 0.3) is 0 Å². The maximum absolute atomic E-state index is 9.42. The molecule has 0 aliphatic carbocycles. The molecule has 0 spiro atoms. The smallest absolute Gasteiger partial charge is 0.122 e. The number of nitrogens with zero attached hydrogens (tertiary/aromatic N) is 4. The molecule has 0 bridgehead atoms. The summed E-state index contributed by atoms with van der Waals surface area (Å²) in [6.07, 6.45) is 3.21. The number of azide groups is 1. The fraction of sp³-hybridized carbons (Fsp3) is 0.100. The van der Waals surface area contributed by atoms with Crippen LogP contribution in [-0.2, 0) is 0 Å². The van der Waals surface area contributed by atoms with E-state index in [0.29, 0.717) is 11.1 Å². The van der Waals surface area contributed by atoms with E-state index >= 15 is 0 Å². The van der Waals surface area contributed by atoms with Gasteiger partial charge in [-0.3, -0.25) is 0 Å². The van der Waals surface area contributed by atoms with Crippen LogP contribution >= 0.6 is 0 Å². The number of hydrogen-bond donors (Lipinski definition) is 1. The number of rotatable bonds is 3. The van der Waals surface area contributed by atoms with Crippen molar-refractivity contribution in [2.24, 2.45) is 5.11 Å². The quantitative estimate of drug-likeness (QED) is 0.461. The lowest BCUT2D eigenvalue weighted by Crippen LogP contribution is -1.79. The highest BCUT2D eigenvalue weighted by Gasteiger charge is 1.98. The Morgan fingerprint density at radius 2 is 2.40 bits per heavy atom. The third kappa shape index (κ3) is 3.07. The van der Waals surface area contributed by atoms with Crippen molar-refractivity contribution < 1.29 is 5.11 Å². The van der Waals surface area contributed by atoms with Gasteiger partial charge in [-0.1, -0.05) is 17.3 Å². The molecular weight excluding hydrogens is 192 g/mol. The molecule has 74 valence electrons. The van der Waals surface area contributed by atoms with Crippen LogP contribution in [0.5, 0.6) is 5.75 Å². The van der Waals surface area contributed by atoms with Crippen LogP contribution in [-0.4, -0.2) is 11.7 Å². The normalized spacial score (nSPS) is 9.53. The molecule has 0 amide bonds. The standard InChI is InChI=1S/C10H8N4O/c11-7-8-3-4-10(15)9(6-8)2-1-5-13-14-12/h1-4,6,15H,5H2. The van der Waals surface area contributed by atoms with Gasteiger partial charge in [-0.05, 0) is 23.7 Å². The van der Waals surface area contributed by atoms with Crippen molar-refractivity contribution in [3.8, 4) is 11.8 Å². The fourth-order valence-electron chi connectivity index (χ4n) is 1.02. The van der Waals surface area contributed by atoms with E-state index in [1.165, 1.54) is 12.1 Å². The minimum atomic E-state index is 0.0891. The van der Waals surface area contributed by atoms with Crippen molar-refractivity contribution >= 4 is 6.08 Å². The monoisotopic (exact) mass is 200 g/mol. The van der Waals surface area contributed by atoms with Gasteiger partial charge in [0.15, 0.2) is 0 Å². The number of aromatic hydroxyl groups is 1. The van der Waals surface area contributed by atoms with Crippen molar-refractivity contribution in [2.45, 2.75) is 0 Å². The van der Waals surface area contributed by atoms with Crippen molar-refractivity contribution in [1.29, 1.82) is 5.26 Å². The number of nitriles is 1. The van der Waals surface area contributed by atoms with Gasteiger partial charge in [0.1, 0.15) is 5.75 Å². The van der Waals surface area contributed by atoms with Crippen LogP contribution in [0.1, 0.15) is 11.1 Å². The lowest BCUT2D eigenvalue weighted by molar-refractivity contribution is 0.474. The first kappa shape index (κ1) is 10.6. The first-order chi connectivity index (χ1) is 7.27. The van der Waals surface area contributed by atoms with E-state index in [1.807, 2.05) is 6.07 Å². The van der Waals surface area contributed by atoms with Gasteiger partial charge in [-0.15, -0.1) is 0 Å². The lowest BCUT2D eigenvalue weighted by atomic mass is 10.1. The molecule has 1 aromatic carbocycles. The molecule has 0 radical (unpaired) electrons. The third-order valence-electron chi connectivity index (χ3n) is 1.70. The second kappa shape index (κ2) is 5.32. The molecule has 1 aromatic rings. The lowest BCUT2D eigenvalue weighted by Gasteiger charge is -1.98. The summed E-state index contributed by atoms with van der Waals surface area (Å²) in [6.45, 7) is 0.215. The van der Waals surface area contributed by atoms with Crippen LogP contribution in [0.25, 0.3) is 16.5 Å². The van der Waals surface area contributed by atoms with Gasteiger partial charge >= 0.3 is 0 Å². The van der Waals surface area contributed by atoms with Crippen molar-refractivity contribution in [3.05, 3.63) is 45.8 Å². The molecule has 0 unspecified atom stereocenters. The number of benzene rings is 1. The van der Waals surface area contributed by atoms with E-state index in [4.69, 9.17) is 10.8 Å². The first-order valence-electron chi connectivity index (χ1n) is 4.18. The summed E-state index contributed by atoms with van der Waals surface area (Å²) in [5.74, 6) is 0.0891. The molecule has 5 heteroatoms. The number of phenols is 1. The summed E-state index contributed by atoms with van der Waals surface area (Å²) in [5.41, 5.74) is 9.03. The fourth-order valence-corrected chi connectivity index (χ4v) is 1.02. The van der Waals surface area contributed by atoms with Crippen LogP contribution in [0.15, 0.2) is 29.4 Å². The van der Waals surface area contributed by atoms with Crippen molar-refractivity contribution in [2.75, 3.05) is 6.54 Å². The van der Waals surface area contributed by atoms with Gasteiger partial charge in [0, 0.05) is 17.0 Å². The predicted molar refractivity (Wildman–Crippen MR) is 55.9 cm³/mol. The van der Waals surface area contributed by atoms with Gasteiger partial charge in [-0.2, -0.15) is 5.26 Å². The van der Waals surface area contributed by atoms with Crippen LogP contribution in [0, 0.1) is 11.3 Å². The largest absolute Gasteiger partial charge is 0.507 e. The molecule has 15 heavy (non-hydrogen) atoms. The maximum Gasteiger partial charge on any atom is 0.122 e. The molecule has 1 N–H and O–H groups in total. The van der Waals surface area contributed by atoms with Crippen LogP contribution in [0.3, 0.4) is 0 Å². The number of phenolic OH excluding ortho intramolecular Hbond substituents is 1. The molecule has 0 atom stereocenters. The topological polar surface area (TPSA) is 92.8 Å². The van der Waals surface area contributed by atoms with Crippen molar-refractivity contribution in [1.82, 2.24) is 0 Å². The molecule has 0 heterocycles. The molecule has 1 rings (SSSR count). The molecule has 0 aromatic heterocycles. The molecule has 5 nitrogen and oxygen atoms in total. The highest BCUT2D eigenvalue weighted by Crippen LogP contribution is 2.19. The second-order valence-electron chi connectivity index (χ2n) is 2.70. The minimum absolute atomic E-state index is 0.0891. The Labute approximate surface area is 86.5 Å². The van der Waals surface area contributed by atoms with Gasteiger partial charge in [0.2, 0.25) is 0 Å². The average molecular weight is 200 g/mol. The summed E-state index contributed by atoms with van der Waals surface area (Å²) in [5, 5.41) is 21.4. The Bertz CT molecular complexity index is 467. The Hall–Kier alpha value is -2.44. The highest BCUT2D eigenvalue weighted by atomic mass is 16.3. The first-order valence-corrected chi connectivity index (χ1v) is 4.18. The van der Waals surface area contributed by atoms with Crippen LogP contribution in [0.2, 0.25) is 0 Å². The molecule has 0 saturated carbocycles. The van der Waals surface area contributed by atoms with Crippen LogP contribution in [0.4, 0.5) is 0 Å². The Morgan fingerprint density at radius 3 is 3.07 bits per heavy atom. The predicted octanol–water partition coefficient (Wildman–Crippen LogP) is 2.59. The molecule has 0 fully saturated rings. The second-order valence-corrected chi connectivity index (χ2v) is 2.70. The molecular formula is C10H8N4O. The third-order valence-corrected chi connectivity index (χ3v) is 1.70. The summed E-state index contributed by atoms with van der Waals surface area (Å²) in [6, 6.07) is 6.50. The Morgan fingerprint density at radius 1 is 1.60 bits per heavy atom. The van der Waals surface area contributed by atoms with Crippen LogP contribution < -0.4 is 0 Å². The van der Waals surface area contributed by atoms with E-state index < -0.39 is 0 Å². The minimum Gasteiger partial charge on any atom is -0.507 e. The zero-order valence-corrected chi connectivity index (χ0v) is 7.83. The average Bonchev–Trinajstić information content (AvgIpc) is 2.26. The van der Waals surface area contributed by atoms with Gasteiger partial charge in [0.05, 0.1) is 11.6 Å². The van der Waals surface area contributed by atoms with Gasteiger partial charge < -0.3 is 5.11 Å². The zero-order valence-electron chi connectivity index (χ0n) is 7.83. The summed E-state index contributed by atoms with van der Waals surface area (Å²) in [7, 11) is 0. The SMILES string of the molecule is N#Cc1ccc(O)c(C=CCN=[N+]=[N-])c1. The van der Waals surface area contributed by atoms with Gasteiger partial charge in [-0.25, -0.2) is 0 Å². The Kier molecular flexibility index (Phi) is 3.78. The summed E-state index contributed by atoms with van der Waals surface area (Å²) >= 11 is 0. The van der Waals surface area contributed by atoms with E-state index in [9.17, 15) is 5.11 Å². The number of hydrogen-bond acceptors (Lipinski definition) is 3. The molecule has 0 saturated heterocycles. The summed E-state index contributed by atoms with van der Waals surface area (Å²) < 4.78 is 0. The van der Waals surface area contributed by atoms with E-state index in [-0.39, 0.29) is 12.3 Å². The molecule has 0 aliphatic heterocycles. The van der Waals surface area contributed by atoms with E-state index in [2.05, 4.69) is 10.0 Å². The Balaban J connectivity index is 2.89. The van der Waals surface area contributed by atoms with E-state index in [0.717, 1.165) is 0 Å². The van der Waals surface area contributed by atoms with E-state index in [1.54, 1.807) is 18.2 Å². The highest BCUT2D eigenvalue weighted by molar-refractivity contribution is 5.59. The van der Waals surface area contributed by atoms with Crippen molar-refractivity contribution in [3.63, 3.8) is 0 Å². The summed E-state index contributed by atoms with van der Waals surface area (Å²) in [4.78, 5) is 2.58. The maximum atomic E-state index is 9.42. The molecule has 0 aliphatic rings.